The Hall–Kier alpha value is -3.03. The smallest absolute Gasteiger partial charge is 0.278 e. The average molecular weight is 465 g/mol. The monoisotopic (exact) mass is 464 g/mol. The molecule has 2 N–H and O–H groups in total. The number of hydrogen-bond donors (Lipinski definition) is 2. The van der Waals surface area contributed by atoms with Gasteiger partial charge in [-0.15, -0.1) is 0 Å². The van der Waals surface area contributed by atoms with Gasteiger partial charge in [0.2, 0.25) is 5.91 Å². The molecule has 0 aliphatic heterocycles. The fraction of sp³-hybridized carbons (Fsp3) is 0.208. The number of H-pyrrole nitrogens is 1. The van der Waals surface area contributed by atoms with E-state index in [1.165, 1.54) is 11.8 Å². The molecule has 4 aromatic rings. The van der Waals surface area contributed by atoms with Crippen molar-refractivity contribution in [1.29, 1.82) is 0 Å². The molecule has 1 amide bonds. The summed E-state index contributed by atoms with van der Waals surface area (Å²) < 4.78 is 1.73. The number of aromatic nitrogens is 3. The molecule has 1 aliphatic carbocycles. The minimum Gasteiger partial charge on any atom is -0.355 e. The lowest BCUT2D eigenvalue weighted by atomic mass is 10.1. The molecule has 162 valence electrons. The number of fused-ring (bicyclic) bond motifs is 1. The van der Waals surface area contributed by atoms with Crippen LogP contribution in [0.15, 0.2) is 64.7 Å². The molecule has 1 aliphatic rings. The molecule has 0 unspecified atom stereocenters. The van der Waals surface area contributed by atoms with Crippen molar-refractivity contribution >= 4 is 46.0 Å². The van der Waals surface area contributed by atoms with Crippen molar-refractivity contribution in [2.45, 2.75) is 31.0 Å². The maximum absolute atomic E-state index is 13.3. The first-order chi connectivity index (χ1) is 15.5. The van der Waals surface area contributed by atoms with Crippen molar-refractivity contribution < 1.29 is 4.79 Å². The minimum atomic E-state index is -0.172. The Bertz CT molecular complexity index is 1380. The van der Waals surface area contributed by atoms with E-state index in [1.54, 1.807) is 16.7 Å². The van der Waals surface area contributed by atoms with Gasteiger partial charge in [0.1, 0.15) is 11.0 Å². The molecular weight excluding hydrogens is 444 g/mol. The number of halogens is 1. The Kier molecular flexibility index (Phi) is 5.53. The Morgan fingerprint density at radius 3 is 2.75 bits per heavy atom. The molecule has 0 saturated heterocycles. The summed E-state index contributed by atoms with van der Waals surface area (Å²) >= 11 is 7.43. The number of aromatic amines is 1. The molecule has 0 spiro atoms. The molecule has 0 radical (unpaired) electrons. The molecule has 5 rings (SSSR count). The van der Waals surface area contributed by atoms with Crippen LogP contribution in [0.3, 0.4) is 0 Å². The van der Waals surface area contributed by atoms with Gasteiger partial charge in [0, 0.05) is 28.5 Å². The van der Waals surface area contributed by atoms with Gasteiger partial charge >= 0.3 is 0 Å². The highest BCUT2D eigenvalue weighted by Crippen LogP contribution is 2.37. The second kappa shape index (κ2) is 8.48. The van der Waals surface area contributed by atoms with Crippen LogP contribution in [0, 0.1) is 6.92 Å². The first-order valence-electron chi connectivity index (χ1n) is 10.4. The highest BCUT2D eigenvalue weighted by atomic mass is 35.5. The molecule has 32 heavy (non-hydrogen) atoms. The van der Waals surface area contributed by atoms with Crippen LogP contribution in [-0.2, 0) is 4.79 Å². The SMILES string of the molecule is Cc1c(Cl)cccc1NC(=O)CSc1nc2c(-c3ccccc3)c[nH]c2c(=O)n1C1CC1. The number of anilines is 1. The Labute approximate surface area is 194 Å². The number of rotatable bonds is 6. The molecule has 6 nitrogen and oxygen atoms in total. The summed E-state index contributed by atoms with van der Waals surface area (Å²) in [4.78, 5) is 33.8. The molecule has 1 saturated carbocycles. The van der Waals surface area contributed by atoms with Gasteiger partial charge in [-0.1, -0.05) is 59.8 Å². The van der Waals surface area contributed by atoms with Crippen LogP contribution in [0.5, 0.6) is 0 Å². The van der Waals surface area contributed by atoms with E-state index in [2.05, 4.69) is 10.3 Å². The summed E-state index contributed by atoms with van der Waals surface area (Å²) in [6.07, 6.45) is 3.72. The van der Waals surface area contributed by atoms with E-state index < -0.39 is 0 Å². The molecular formula is C24H21ClN4O2S. The predicted octanol–water partition coefficient (Wildman–Crippen LogP) is 5.42. The first kappa shape index (κ1) is 20.8. The predicted molar refractivity (Wildman–Crippen MR) is 130 cm³/mol. The maximum atomic E-state index is 13.3. The van der Waals surface area contributed by atoms with E-state index in [4.69, 9.17) is 16.6 Å². The summed E-state index contributed by atoms with van der Waals surface area (Å²) in [5.41, 5.74) is 4.41. The number of amides is 1. The summed E-state index contributed by atoms with van der Waals surface area (Å²) in [7, 11) is 0. The van der Waals surface area contributed by atoms with Gasteiger partial charge in [0.25, 0.3) is 5.56 Å². The fourth-order valence-corrected chi connectivity index (χ4v) is 4.74. The van der Waals surface area contributed by atoms with E-state index in [0.29, 0.717) is 26.9 Å². The zero-order valence-corrected chi connectivity index (χ0v) is 19.0. The van der Waals surface area contributed by atoms with Crippen molar-refractivity contribution in [3.05, 3.63) is 75.7 Å². The lowest BCUT2D eigenvalue weighted by Crippen LogP contribution is -2.23. The molecule has 2 heterocycles. The topological polar surface area (TPSA) is 79.8 Å². The van der Waals surface area contributed by atoms with Crippen LogP contribution in [0.1, 0.15) is 24.4 Å². The van der Waals surface area contributed by atoms with E-state index in [1.807, 2.05) is 49.5 Å². The van der Waals surface area contributed by atoms with Crippen molar-refractivity contribution in [2.24, 2.45) is 0 Å². The van der Waals surface area contributed by atoms with E-state index in [0.717, 1.165) is 29.5 Å². The van der Waals surface area contributed by atoms with Crippen LogP contribution in [0.25, 0.3) is 22.2 Å². The highest BCUT2D eigenvalue weighted by molar-refractivity contribution is 7.99. The fourth-order valence-electron chi connectivity index (χ4n) is 3.71. The number of benzene rings is 2. The van der Waals surface area contributed by atoms with Gasteiger partial charge in [0.15, 0.2) is 5.16 Å². The molecule has 2 aromatic carbocycles. The van der Waals surface area contributed by atoms with Crippen LogP contribution in [-0.4, -0.2) is 26.2 Å². The zero-order valence-electron chi connectivity index (χ0n) is 17.4. The van der Waals surface area contributed by atoms with Gasteiger partial charge < -0.3 is 10.3 Å². The average Bonchev–Trinajstić information content (AvgIpc) is 3.54. The van der Waals surface area contributed by atoms with Gasteiger partial charge in [-0.2, -0.15) is 0 Å². The van der Waals surface area contributed by atoms with Crippen molar-refractivity contribution in [1.82, 2.24) is 14.5 Å². The van der Waals surface area contributed by atoms with Crippen LogP contribution < -0.4 is 10.9 Å². The van der Waals surface area contributed by atoms with Gasteiger partial charge in [0.05, 0.1) is 5.75 Å². The third-order valence-corrected chi connectivity index (χ3v) is 6.93. The lowest BCUT2D eigenvalue weighted by molar-refractivity contribution is -0.113. The standard InChI is InChI=1S/C24H21ClN4O2S/c1-14-18(25)8-5-9-19(14)27-20(30)13-32-24-28-21-17(15-6-3-2-4-7-15)12-26-22(21)23(31)29(24)16-10-11-16/h2-9,12,16,26H,10-11,13H2,1H3,(H,27,30). The van der Waals surface area contributed by atoms with Crippen LogP contribution in [0.2, 0.25) is 5.02 Å². The normalized spacial score (nSPS) is 13.4. The number of thioether (sulfide) groups is 1. The number of hydrogen-bond acceptors (Lipinski definition) is 4. The summed E-state index contributed by atoms with van der Waals surface area (Å²) in [5, 5.41) is 4.08. The minimum absolute atomic E-state index is 0.0896. The Balaban J connectivity index is 1.46. The number of carbonyl (C=O) groups is 1. The highest BCUT2D eigenvalue weighted by Gasteiger charge is 2.29. The Morgan fingerprint density at radius 2 is 2.00 bits per heavy atom. The van der Waals surface area contributed by atoms with Gasteiger partial charge in [-0.05, 0) is 43.0 Å². The summed E-state index contributed by atoms with van der Waals surface area (Å²) in [6.45, 7) is 1.86. The summed E-state index contributed by atoms with van der Waals surface area (Å²) in [5.74, 6) is -0.0313. The molecule has 0 bridgehead atoms. The third kappa shape index (κ3) is 3.94. The maximum Gasteiger partial charge on any atom is 0.278 e. The van der Waals surface area contributed by atoms with Crippen LogP contribution in [0.4, 0.5) is 5.69 Å². The number of nitrogens with zero attached hydrogens (tertiary/aromatic N) is 2. The van der Waals surface area contributed by atoms with Crippen molar-refractivity contribution in [3.8, 4) is 11.1 Å². The van der Waals surface area contributed by atoms with Crippen molar-refractivity contribution in [2.75, 3.05) is 11.1 Å². The van der Waals surface area contributed by atoms with E-state index in [9.17, 15) is 9.59 Å². The third-order valence-electron chi connectivity index (χ3n) is 5.57. The molecule has 8 heteroatoms. The zero-order chi connectivity index (χ0) is 22.2. The van der Waals surface area contributed by atoms with E-state index >= 15 is 0 Å². The number of nitrogens with one attached hydrogen (secondary N) is 2. The largest absolute Gasteiger partial charge is 0.355 e. The summed E-state index contributed by atoms with van der Waals surface area (Å²) in [6, 6.07) is 15.4. The first-order valence-corrected chi connectivity index (χ1v) is 11.8. The van der Waals surface area contributed by atoms with Gasteiger partial charge in [-0.25, -0.2) is 4.98 Å². The van der Waals surface area contributed by atoms with Crippen molar-refractivity contribution in [3.63, 3.8) is 0 Å². The van der Waals surface area contributed by atoms with E-state index in [-0.39, 0.29) is 23.3 Å². The molecule has 1 fully saturated rings. The molecule has 2 aromatic heterocycles. The van der Waals surface area contributed by atoms with Gasteiger partial charge in [-0.3, -0.25) is 14.2 Å². The quantitative estimate of drug-likeness (QED) is 0.295. The number of carbonyl (C=O) groups excluding carboxylic acids is 1. The Morgan fingerprint density at radius 1 is 1.22 bits per heavy atom. The molecule has 0 atom stereocenters. The second-order valence-corrected chi connectivity index (χ2v) is 9.19. The lowest BCUT2D eigenvalue weighted by Gasteiger charge is -2.12. The van der Waals surface area contributed by atoms with Crippen LogP contribution >= 0.6 is 23.4 Å². The second-order valence-electron chi connectivity index (χ2n) is 7.84.